The summed E-state index contributed by atoms with van der Waals surface area (Å²) in [5.74, 6) is -2.69. The average Bonchev–Trinajstić information content (AvgIpc) is 3.14. The van der Waals surface area contributed by atoms with Gasteiger partial charge in [-0.05, 0) is 31.2 Å². The number of alkyl halides is 3. The predicted molar refractivity (Wildman–Crippen MR) is 87.0 cm³/mol. The van der Waals surface area contributed by atoms with Gasteiger partial charge >= 0.3 is 12.1 Å². The number of amides is 2. The number of nitrogens with one attached hydrogen (secondary N) is 2. The van der Waals surface area contributed by atoms with Crippen LogP contribution in [0.25, 0.3) is 0 Å². The van der Waals surface area contributed by atoms with Gasteiger partial charge in [0.25, 0.3) is 11.8 Å². The van der Waals surface area contributed by atoms with Crippen LogP contribution in [-0.4, -0.2) is 36.6 Å². The normalized spacial score (nSPS) is 12.1. The third-order valence-electron chi connectivity index (χ3n) is 3.26. The Hall–Kier alpha value is -3.30. The van der Waals surface area contributed by atoms with Crippen LogP contribution in [0, 0.1) is 0 Å². The van der Waals surface area contributed by atoms with Gasteiger partial charge in [0.05, 0.1) is 17.5 Å². The second-order valence-corrected chi connectivity index (χ2v) is 5.36. The number of carbonyl (C=O) groups is 3. The van der Waals surface area contributed by atoms with E-state index in [1.165, 1.54) is 36.6 Å². The van der Waals surface area contributed by atoms with Crippen molar-refractivity contribution in [1.82, 2.24) is 5.32 Å². The standard InChI is InChI=1S/C17H15F3N2O5/c1-10(14(23)21-9-17(18,19)20)27-16(25)11-5-2-3-6-12(11)22-15(24)13-7-4-8-26-13/h2-8,10H,9H2,1H3,(H,21,23)(H,22,24). The molecule has 10 heteroatoms. The van der Waals surface area contributed by atoms with Gasteiger partial charge in [-0.3, -0.25) is 9.59 Å². The fraction of sp³-hybridized carbons (Fsp3) is 0.235. The molecule has 2 N–H and O–H groups in total. The fourth-order valence-corrected chi connectivity index (χ4v) is 1.97. The number of halogens is 3. The highest BCUT2D eigenvalue weighted by Gasteiger charge is 2.30. The van der Waals surface area contributed by atoms with E-state index in [1.54, 1.807) is 11.4 Å². The molecule has 0 aliphatic rings. The van der Waals surface area contributed by atoms with Crippen LogP contribution in [-0.2, 0) is 9.53 Å². The predicted octanol–water partition coefficient (Wildman–Crippen LogP) is 2.76. The van der Waals surface area contributed by atoms with Crippen molar-refractivity contribution in [3.05, 3.63) is 54.0 Å². The van der Waals surface area contributed by atoms with Gasteiger partial charge in [-0.2, -0.15) is 13.2 Å². The summed E-state index contributed by atoms with van der Waals surface area (Å²) in [6, 6.07) is 8.73. The highest BCUT2D eigenvalue weighted by Crippen LogP contribution is 2.18. The smallest absolute Gasteiger partial charge is 0.405 e. The van der Waals surface area contributed by atoms with Gasteiger partial charge in [-0.15, -0.1) is 0 Å². The zero-order valence-electron chi connectivity index (χ0n) is 14.0. The van der Waals surface area contributed by atoms with E-state index in [0.717, 1.165) is 6.92 Å². The summed E-state index contributed by atoms with van der Waals surface area (Å²) in [5.41, 5.74) is 0.0136. The third-order valence-corrected chi connectivity index (χ3v) is 3.26. The Morgan fingerprint density at radius 3 is 2.48 bits per heavy atom. The lowest BCUT2D eigenvalue weighted by molar-refractivity contribution is -0.143. The van der Waals surface area contributed by atoms with Crippen LogP contribution >= 0.6 is 0 Å². The maximum atomic E-state index is 12.3. The van der Waals surface area contributed by atoms with Gasteiger partial charge in [0, 0.05) is 0 Å². The molecule has 1 aromatic carbocycles. The van der Waals surface area contributed by atoms with Gasteiger partial charge in [0.2, 0.25) is 0 Å². The molecule has 0 saturated carbocycles. The lowest BCUT2D eigenvalue weighted by Gasteiger charge is -2.16. The molecule has 2 rings (SSSR count). The van der Waals surface area contributed by atoms with E-state index in [9.17, 15) is 27.6 Å². The molecule has 1 atom stereocenters. The first-order chi connectivity index (χ1) is 12.7. The molecule has 2 amide bonds. The quantitative estimate of drug-likeness (QED) is 0.747. The first-order valence-corrected chi connectivity index (χ1v) is 7.66. The van der Waals surface area contributed by atoms with E-state index in [-0.39, 0.29) is 17.0 Å². The highest BCUT2D eigenvalue weighted by atomic mass is 19.4. The number of hydrogen-bond donors (Lipinski definition) is 2. The number of ether oxygens (including phenoxy) is 1. The minimum atomic E-state index is -4.58. The first kappa shape index (κ1) is 20.0. The van der Waals surface area contributed by atoms with E-state index in [2.05, 4.69) is 5.32 Å². The topological polar surface area (TPSA) is 97.6 Å². The van der Waals surface area contributed by atoms with Gasteiger partial charge in [0.1, 0.15) is 6.54 Å². The van der Waals surface area contributed by atoms with E-state index < -0.39 is 36.6 Å². The number of hydrogen-bond acceptors (Lipinski definition) is 5. The van der Waals surface area contributed by atoms with Crippen LogP contribution < -0.4 is 10.6 Å². The highest BCUT2D eigenvalue weighted by molar-refractivity contribution is 6.06. The molecule has 2 aromatic rings. The van der Waals surface area contributed by atoms with Crippen LogP contribution in [0.3, 0.4) is 0 Å². The number of carbonyl (C=O) groups excluding carboxylic acids is 3. The first-order valence-electron chi connectivity index (χ1n) is 7.66. The van der Waals surface area contributed by atoms with Gasteiger partial charge in [-0.25, -0.2) is 4.79 Å². The number of esters is 1. The van der Waals surface area contributed by atoms with Crippen LogP contribution in [0.4, 0.5) is 18.9 Å². The number of furan rings is 1. The summed E-state index contributed by atoms with van der Waals surface area (Å²) in [7, 11) is 0. The molecule has 0 bridgehead atoms. The summed E-state index contributed by atoms with van der Waals surface area (Å²) in [6.45, 7) is -0.406. The van der Waals surface area contributed by atoms with Crippen molar-refractivity contribution < 1.29 is 36.7 Å². The number of benzene rings is 1. The fourth-order valence-electron chi connectivity index (χ4n) is 1.97. The average molecular weight is 384 g/mol. The Morgan fingerprint density at radius 2 is 1.85 bits per heavy atom. The molecule has 27 heavy (non-hydrogen) atoms. The second kappa shape index (κ2) is 8.39. The minimum Gasteiger partial charge on any atom is -0.459 e. The molecule has 1 heterocycles. The lowest BCUT2D eigenvalue weighted by atomic mass is 10.1. The summed E-state index contributed by atoms with van der Waals surface area (Å²) in [5, 5.41) is 4.08. The second-order valence-electron chi connectivity index (χ2n) is 5.36. The van der Waals surface area contributed by atoms with Crippen molar-refractivity contribution in [3.8, 4) is 0 Å². The van der Waals surface area contributed by atoms with E-state index in [1.807, 2.05) is 0 Å². The van der Waals surface area contributed by atoms with Crippen LogP contribution in [0.2, 0.25) is 0 Å². The molecule has 0 saturated heterocycles. The molecule has 144 valence electrons. The summed E-state index contributed by atoms with van der Waals surface area (Å²) >= 11 is 0. The van der Waals surface area contributed by atoms with Crippen molar-refractivity contribution in [2.45, 2.75) is 19.2 Å². The van der Waals surface area contributed by atoms with Crippen LogP contribution in [0.1, 0.15) is 27.8 Å². The molecular weight excluding hydrogens is 369 g/mol. The summed E-state index contributed by atoms with van der Waals surface area (Å²) < 4.78 is 46.2. The number of rotatable bonds is 6. The van der Waals surface area contributed by atoms with E-state index in [4.69, 9.17) is 9.15 Å². The molecule has 7 nitrogen and oxygen atoms in total. The molecule has 0 spiro atoms. The Labute approximate surface area is 151 Å². The zero-order valence-corrected chi connectivity index (χ0v) is 14.0. The van der Waals surface area contributed by atoms with Crippen molar-refractivity contribution in [1.29, 1.82) is 0 Å². The molecule has 1 aromatic heterocycles. The van der Waals surface area contributed by atoms with Crippen molar-refractivity contribution in [2.75, 3.05) is 11.9 Å². The van der Waals surface area contributed by atoms with Crippen molar-refractivity contribution >= 4 is 23.5 Å². The van der Waals surface area contributed by atoms with Gasteiger partial charge < -0.3 is 19.8 Å². The van der Waals surface area contributed by atoms with Gasteiger partial charge in [0.15, 0.2) is 11.9 Å². The minimum absolute atomic E-state index is 0.0121. The molecule has 0 radical (unpaired) electrons. The van der Waals surface area contributed by atoms with E-state index in [0.29, 0.717) is 0 Å². The number of anilines is 1. The van der Waals surface area contributed by atoms with Gasteiger partial charge in [-0.1, -0.05) is 12.1 Å². The van der Waals surface area contributed by atoms with Crippen molar-refractivity contribution in [3.63, 3.8) is 0 Å². The zero-order chi connectivity index (χ0) is 20.0. The monoisotopic (exact) mass is 384 g/mol. The molecular formula is C17H15F3N2O5. The third kappa shape index (κ3) is 5.87. The largest absolute Gasteiger partial charge is 0.459 e. The lowest BCUT2D eigenvalue weighted by Crippen LogP contribution is -2.40. The van der Waals surface area contributed by atoms with E-state index >= 15 is 0 Å². The molecule has 0 aliphatic heterocycles. The maximum Gasteiger partial charge on any atom is 0.405 e. The van der Waals surface area contributed by atoms with Crippen LogP contribution in [0.5, 0.6) is 0 Å². The Morgan fingerprint density at radius 1 is 1.15 bits per heavy atom. The molecule has 0 fully saturated rings. The summed E-state index contributed by atoms with van der Waals surface area (Å²) in [4.78, 5) is 35.9. The SMILES string of the molecule is CC(OC(=O)c1ccccc1NC(=O)c1ccco1)C(=O)NCC(F)(F)F. The Balaban J connectivity index is 2.04. The van der Waals surface area contributed by atoms with Crippen molar-refractivity contribution in [2.24, 2.45) is 0 Å². The van der Waals surface area contributed by atoms with Crippen LogP contribution in [0.15, 0.2) is 47.1 Å². The molecule has 0 aliphatic carbocycles. The number of para-hydroxylation sites is 1. The molecule has 1 unspecified atom stereocenters. The Kier molecular flexibility index (Phi) is 6.22. The maximum absolute atomic E-state index is 12.3. The Bertz CT molecular complexity index is 818. The summed E-state index contributed by atoms with van der Waals surface area (Å²) in [6.07, 6.45) is -4.74.